The summed E-state index contributed by atoms with van der Waals surface area (Å²) >= 11 is 0. The zero-order valence-electron chi connectivity index (χ0n) is 10.7. The minimum absolute atomic E-state index is 0.158. The van der Waals surface area contributed by atoms with Crippen molar-refractivity contribution in [1.82, 2.24) is 4.90 Å². The fourth-order valence-corrected chi connectivity index (χ4v) is 2.62. The van der Waals surface area contributed by atoms with Crippen molar-refractivity contribution in [2.24, 2.45) is 5.92 Å². The van der Waals surface area contributed by atoms with Gasteiger partial charge < -0.3 is 10.0 Å². The van der Waals surface area contributed by atoms with E-state index < -0.39 is 0 Å². The third-order valence-corrected chi connectivity index (χ3v) is 3.78. The summed E-state index contributed by atoms with van der Waals surface area (Å²) in [6.45, 7) is 5.29. The molecule has 1 aromatic carbocycles. The Balaban J connectivity index is 1.79. The summed E-state index contributed by atoms with van der Waals surface area (Å²) < 4.78 is 0. The van der Waals surface area contributed by atoms with E-state index in [4.69, 9.17) is 0 Å². The van der Waals surface area contributed by atoms with Crippen LogP contribution in [-0.4, -0.2) is 35.7 Å². The van der Waals surface area contributed by atoms with Gasteiger partial charge in [0.05, 0.1) is 6.10 Å². The Bertz CT molecular complexity index is 323. The largest absolute Gasteiger partial charge is 0.393 e. The number of benzene rings is 1. The first-order chi connectivity index (χ1) is 8.25. The molecule has 2 atom stereocenters. The number of hydrogen-bond donors (Lipinski definition) is 1. The average Bonchev–Trinajstić information content (AvgIpc) is 2.38. The predicted octanol–water partition coefficient (Wildman–Crippen LogP) is 2.32. The van der Waals surface area contributed by atoms with Crippen LogP contribution in [0.15, 0.2) is 30.3 Å². The van der Waals surface area contributed by atoms with Crippen molar-refractivity contribution in [3.63, 3.8) is 0 Å². The highest BCUT2D eigenvalue weighted by molar-refractivity contribution is 5.14. The summed E-state index contributed by atoms with van der Waals surface area (Å²) in [4.78, 5) is 2.49. The Hall–Kier alpha value is -0.860. The minimum Gasteiger partial charge on any atom is -0.393 e. The topological polar surface area (TPSA) is 23.5 Å². The molecule has 2 nitrogen and oxygen atoms in total. The molecule has 1 saturated heterocycles. The van der Waals surface area contributed by atoms with Crippen LogP contribution in [0.25, 0.3) is 0 Å². The van der Waals surface area contributed by atoms with Gasteiger partial charge in [0, 0.05) is 13.1 Å². The van der Waals surface area contributed by atoms with E-state index in [1.165, 1.54) is 24.9 Å². The molecule has 1 aliphatic rings. The van der Waals surface area contributed by atoms with Crippen LogP contribution in [0.5, 0.6) is 0 Å². The summed E-state index contributed by atoms with van der Waals surface area (Å²) in [7, 11) is 0. The van der Waals surface area contributed by atoms with Gasteiger partial charge in [0.1, 0.15) is 0 Å². The number of nitrogens with zero attached hydrogens (tertiary/aromatic N) is 1. The van der Waals surface area contributed by atoms with E-state index in [0.717, 1.165) is 19.5 Å². The van der Waals surface area contributed by atoms with Crippen LogP contribution in [-0.2, 0) is 6.42 Å². The molecule has 17 heavy (non-hydrogen) atoms. The van der Waals surface area contributed by atoms with Crippen LogP contribution in [0.2, 0.25) is 0 Å². The summed E-state index contributed by atoms with van der Waals surface area (Å²) in [6, 6.07) is 10.6. The molecule has 0 aliphatic carbocycles. The Morgan fingerprint density at radius 1 is 1.35 bits per heavy atom. The zero-order chi connectivity index (χ0) is 12.1. The number of rotatable bonds is 4. The van der Waals surface area contributed by atoms with Gasteiger partial charge in [-0.25, -0.2) is 0 Å². The minimum atomic E-state index is -0.158. The fraction of sp³-hybridized carbons (Fsp3) is 0.600. The van der Waals surface area contributed by atoms with Gasteiger partial charge in [-0.2, -0.15) is 0 Å². The van der Waals surface area contributed by atoms with Gasteiger partial charge in [0.15, 0.2) is 0 Å². The lowest BCUT2D eigenvalue weighted by molar-refractivity contribution is 0.0634. The van der Waals surface area contributed by atoms with Crippen molar-refractivity contribution >= 4 is 0 Å². The van der Waals surface area contributed by atoms with Crippen LogP contribution in [0.1, 0.15) is 25.3 Å². The lowest BCUT2D eigenvalue weighted by Gasteiger charge is -2.34. The highest BCUT2D eigenvalue weighted by atomic mass is 16.3. The Morgan fingerprint density at radius 2 is 2.12 bits per heavy atom. The molecule has 2 rings (SSSR count). The van der Waals surface area contributed by atoms with Gasteiger partial charge >= 0.3 is 0 Å². The molecule has 0 aromatic heterocycles. The second kappa shape index (κ2) is 6.18. The SMILES string of the molecule is CC(O)C1CCCN(CCc2ccccc2)C1. The molecule has 1 aromatic rings. The van der Waals surface area contributed by atoms with Crippen LogP contribution in [0.3, 0.4) is 0 Å². The summed E-state index contributed by atoms with van der Waals surface area (Å²) in [5.74, 6) is 0.472. The smallest absolute Gasteiger partial charge is 0.0552 e. The monoisotopic (exact) mass is 233 g/mol. The van der Waals surface area contributed by atoms with Gasteiger partial charge in [-0.05, 0) is 44.2 Å². The van der Waals surface area contributed by atoms with Crippen molar-refractivity contribution in [3.05, 3.63) is 35.9 Å². The normalized spacial score (nSPS) is 23.5. The lowest BCUT2D eigenvalue weighted by Crippen LogP contribution is -2.40. The highest BCUT2D eigenvalue weighted by Gasteiger charge is 2.22. The second-order valence-corrected chi connectivity index (χ2v) is 5.18. The molecule has 0 bridgehead atoms. The second-order valence-electron chi connectivity index (χ2n) is 5.18. The van der Waals surface area contributed by atoms with E-state index in [1.807, 2.05) is 6.92 Å². The molecule has 0 spiro atoms. The molecule has 1 N–H and O–H groups in total. The number of aliphatic hydroxyl groups is 1. The number of piperidine rings is 1. The quantitative estimate of drug-likeness (QED) is 0.862. The molecule has 0 radical (unpaired) electrons. The molecule has 2 heteroatoms. The van der Waals surface area contributed by atoms with E-state index in [1.54, 1.807) is 0 Å². The summed E-state index contributed by atoms with van der Waals surface area (Å²) in [6.07, 6.45) is 3.37. The maximum absolute atomic E-state index is 9.65. The average molecular weight is 233 g/mol. The zero-order valence-corrected chi connectivity index (χ0v) is 10.7. The molecule has 2 unspecified atom stereocenters. The standard InChI is InChI=1S/C15H23NO/c1-13(17)15-8-5-10-16(12-15)11-9-14-6-3-2-4-7-14/h2-4,6-7,13,15,17H,5,8-12H2,1H3. The van der Waals surface area contributed by atoms with Gasteiger partial charge in [-0.15, -0.1) is 0 Å². The van der Waals surface area contributed by atoms with Crippen LogP contribution >= 0.6 is 0 Å². The van der Waals surface area contributed by atoms with Crippen molar-refractivity contribution < 1.29 is 5.11 Å². The molecular formula is C15H23NO. The first-order valence-corrected chi connectivity index (χ1v) is 6.70. The predicted molar refractivity (Wildman–Crippen MR) is 71.0 cm³/mol. The highest BCUT2D eigenvalue weighted by Crippen LogP contribution is 2.19. The molecule has 94 valence electrons. The first-order valence-electron chi connectivity index (χ1n) is 6.70. The Morgan fingerprint density at radius 3 is 2.82 bits per heavy atom. The molecule has 0 saturated carbocycles. The number of aliphatic hydroxyl groups excluding tert-OH is 1. The van der Waals surface area contributed by atoms with Gasteiger partial charge in [-0.1, -0.05) is 30.3 Å². The fourth-order valence-electron chi connectivity index (χ4n) is 2.62. The third kappa shape index (κ3) is 3.83. The van der Waals surface area contributed by atoms with E-state index in [-0.39, 0.29) is 6.10 Å². The van der Waals surface area contributed by atoms with Crippen molar-refractivity contribution in [2.75, 3.05) is 19.6 Å². The van der Waals surface area contributed by atoms with E-state index in [9.17, 15) is 5.11 Å². The number of hydrogen-bond acceptors (Lipinski definition) is 2. The number of likely N-dealkylation sites (tertiary alicyclic amines) is 1. The van der Waals surface area contributed by atoms with Crippen molar-refractivity contribution in [3.8, 4) is 0 Å². The third-order valence-electron chi connectivity index (χ3n) is 3.78. The van der Waals surface area contributed by atoms with Crippen molar-refractivity contribution in [2.45, 2.75) is 32.3 Å². The maximum atomic E-state index is 9.65. The lowest BCUT2D eigenvalue weighted by atomic mass is 9.93. The molecule has 0 amide bonds. The summed E-state index contributed by atoms with van der Waals surface area (Å²) in [5, 5.41) is 9.65. The van der Waals surface area contributed by atoms with Gasteiger partial charge in [-0.3, -0.25) is 0 Å². The van der Waals surface area contributed by atoms with Crippen LogP contribution in [0, 0.1) is 5.92 Å². The molecule has 1 heterocycles. The van der Waals surface area contributed by atoms with Crippen LogP contribution in [0.4, 0.5) is 0 Å². The maximum Gasteiger partial charge on any atom is 0.0552 e. The van der Waals surface area contributed by atoms with Gasteiger partial charge in [0.2, 0.25) is 0 Å². The van der Waals surface area contributed by atoms with Crippen molar-refractivity contribution in [1.29, 1.82) is 0 Å². The molecular weight excluding hydrogens is 210 g/mol. The summed E-state index contributed by atoms with van der Waals surface area (Å²) in [5.41, 5.74) is 1.41. The molecule has 1 aliphatic heterocycles. The Labute approximate surface area is 104 Å². The molecule has 1 fully saturated rings. The van der Waals surface area contributed by atoms with Gasteiger partial charge in [0.25, 0.3) is 0 Å². The van der Waals surface area contributed by atoms with E-state index in [2.05, 4.69) is 35.2 Å². The Kier molecular flexibility index (Phi) is 4.57. The van der Waals surface area contributed by atoms with E-state index in [0.29, 0.717) is 5.92 Å². The van der Waals surface area contributed by atoms with Crippen LogP contribution < -0.4 is 0 Å². The first kappa shape index (κ1) is 12.6. The van der Waals surface area contributed by atoms with E-state index >= 15 is 0 Å².